The third-order valence-corrected chi connectivity index (χ3v) is 2.28. The number of rotatable bonds is 3. The van der Waals surface area contributed by atoms with Crippen LogP contribution >= 0.6 is 22.6 Å². The van der Waals surface area contributed by atoms with Gasteiger partial charge in [-0.2, -0.15) is 0 Å². The molecule has 1 aromatic carbocycles. The average Bonchev–Trinajstić information content (AvgIpc) is 2.03. The first-order valence-electron chi connectivity index (χ1n) is 4.03. The summed E-state index contributed by atoms with van der Waals surface area (Å²) in [6, 6.07) is 7.65. The summed E-state index contributed by atoms with van der Waals surface area (Å²) in [7, 11) is 3.79. The van der Waals surface area contributed by atoms with Gasteiger partial charge in [0, 0.05) is 9.13 Å². The molecule has 0 N–H and O–H groups in total. The second-order valence-electron chi connectivity index (χ2n) is 3.17. The molecular formula is C10H12INO. The minimum absolute atomic E-state index is 0.170. The molecule has 0 radical (unpaired) electrons. The van der Waals surface area contributed by atoms with E-state index in [1.54, 1.807) is 0 Å². The molecule has 0 atom stereocenters. The lowest BCUT2D eigenvalue weighted by Crippen LogP contribution is -2.21. The number of nitrogens with zero attached hydrogens (tertiary/aromatic N) is 1. The summed E-state index contributed by atoms with van der Waals surface area (Å²) in [5.41, 5.74) is 0.792. The van der Waals surface area contributed by atoms with Crippen LogP contribution in [0.2, 0.25) is 0 Å². The lowest BCUT2D eigenvalue weighted by atomic mass is 10.1. The number of carbonyl (C=O) groups is 1. The Morgan fingerprint density at radius 3 is 2.69 bits per heavy atom. The number of benzene rings is 1. The zero-order valence-corrected chi connectivity index (χ0v) is 9.91. The molecule has 0 aromatic heterocycles. The van der Waals surface area contributed by atoms with Crippen LogP contribution < -0.4 is 0 Å². The van der Waals surface area contributed by atoms with E-state index in [1.807, 2.05) is 43.3 Å². The lowest BCUT2D eigenvalue weighted by Gasteiger charge is -2.08. The van der Waals surface area contributed by atoms with E-state index >= 15 is 0 Å². The minimum atomic E-state index is 0.170. The highest BCUT2D eigenvalue weighted by molar-refractivity contribution is 14.1. The molecule has 1 aromatic rings. The summed E-state index contributed by atoms with van der Waals surface area (Å²) in [5, 5.41) is 0. The summed E-state index contributed by atoms with van der Waals surface area (Å²) in [4.78, 5) is 13.4. The molecule has 0 saturated carbocycles. The number of Topliss-reactive ketones (excluding diaryl/α,β-unsaturated/α-hetero) is 1. The van der Waals surface area contributed by atoms with Crippen LogP contribution in [0.5, 0.6) is 0 Å². The molecule has 1 rings (SSSR count). The Morgan fingerprint density at radius 1 is 1.46 bits per heavy atom. The summed E-state index contributed by atoms with van der Waals surface area (Å²) in [6.07, 6.45) is 0. The van der Waals surface area contributed by atoms with Crippen LogP contribution in [-0.4, -0.2) is 31.3 Å². The Morgan fingerprint density at radius 2 is 2.15 bits per heavy atom. The normalized spacial score (nSPS) is 10.5. The predicted octanol–water partition coefficient (Wildman–Crippen LogP) is 2.04. The molecule has 70 valence electrons. The maximum Gasteiger partial charge on any atom is 0.176 e. The quantitative estimate of drug-likeness (QED) is 0.627. The van der Waals surface area contributed by atoms with Crippen LogP contribution in [0.3, 0.4) is 0 Å². The van der Waals surface area contributed by atoms with E-state index < -0.39 is 0 Å². The van der Waals surface area contributed by atoms with Crippen molar-refractivity contribution in [2.75, 3.05) is 20.6 Å². The highest BCUT2D eigenvalue weighted by atomic mass is 127. The van der Waals surface area contributed by atoms with Crippen molar-refractivity contribution >= 4 is 28.4 Å². The molecule has 0 saturated heterocycles. The molecule has 0 amide bonds. The van der Waals surface area contributed by atoms with Crippen LogP contribution in [0.15, 0.2) is 24.3 Å². The van der Waals surface area contributed by atoms with Gasteiger partial charge < -0.3 is 4.90 Å². The monoisotopic (exact) mass is 289 g/mol. The van der Waals surface area contributed by atoms with E-state index in [1.165, 1.54) is 0 Å². The van der Waals surface area contributed by atoms with E-state index in [9.17, 15) is 4.79 Å². The first-order chi connectivity index (χ1) is 6.09. The van der Waals surface area contributed by atoms with Gasteiger partial charge in [0.2, 0.25) is 0 Å². The van der Waals surface area contributed by atoms with Crippen molar-refractivity contribution in [2.45, 2.75) is 0 Å². The molecule has 0 fully saturated rings. The Kier molecular flexibility index (Phi) is 3.87. The number of ketones is 1. The molecule has 3 heteroatoms. The highest BCUT2D eigenvalue weighted by Gasteiger charge is 2.06. The Bertz CT molecular complexity index is 310. The van der Waals surface area contributed by atoms with Crippen molar-refractivity contribution in [3.05, 3.63) is 33.4 Å². The molecule has 2 nitrogen and oxygen atoms in total. The largest absolute Gasteiger partial charge is 0.302 e. The number of halogens is 1. The Labute approximate surface area is 92.1 Å². The van der Waals surface area contributed by atoms with Gasteiger partial charge in [-0.15, -0.1) is 0 Å². The van der Waals surface area contributed by atoms with Crippen LogP contribution in [0, 0.1) is 3.57 Å². The van der Waals surface area contributed by atoms with Crippen LogP contribution in [0.25, 0.3) is 0 Å². The fourth-order valence-corrected chi connectivity index (χ4v) is 1.58. The Balaban J connectivity index is 2.77. The third-order valence-electron chi connectivity index (χ3n) is 1.61. The van der Waals surface area contributed by atoms with Gasteiger partial charge in [0.1, 0.15) is 0 Å². The van der Waals surface area contributed by atoms with Crippen molar-refractivity contribution in [2.24, 2.45) is 0 Å². The van der Waals surface area contributed by atoms with Gasteiger partial charge >= 0.3 is 0 Å². The SMILES string of the molecule is CN(C)CC(=O)c1cccc(I)c1. The van der Waals surface area contributed by atoms with Crippen molar-refractivity contribution < 1.29 is 4.79 Å². The van der Waals surface area contributed by atoms with Gasteiger partial charge in [-0.1, -0.05) is 12.1 Å². The van der Waals surface area contributed by atoms with Crippen molar-refractivity contribution in [1.82, 2.24) is 4.90 Å². The molecule has 0 aliphatic heterocycles. The molecule has 0 spiro atoms. The topological polar surface area (TPSA) is 20.3 Å². The maximum atomic E-state index is 11.6. The maximum absolute atomic E-state index is 11.6. The van der Waals surface area contributed by atoms with Crippen LogP contribution in [-0.2, 0) is 0 Å². The molecule has 0 aliphatic rings. The van der Waals surface area contributed by atoms with Gasteiger partial charge in [0.15, 0.2) is 5.78 Å². The second-order valence-corrected chi connectivity index (χ2v) is 4.42. The number of likely N-dealkylation sites (N-methyl/N-ethyl adjacent to an activating group) is 1. The fraction of sp³-hybridized carbons (Fsp3) is 0.300. The third kappa shape index (κ3) is 3.44. The highest BCUT2D eigenvalue weighted by Crippen LogP contribution is 2.08. The van der Waals surface area contributed by atoms with Crippen LogP contribution in [0.4, 0.5) is 0 Å². The molecule has 13 heavy (non-hydrogen) atoms. The van der Waals surface area contributed by atoms with Crippen molar-refractivity contribution in [3.8, 4) is 0 Å². The molecule has 0 bridgehead atoms. The molecular weight excluding hydrogens is 277 g/mol. The van der Waals surface area contributed by atoms with Gasteiger partial charge in [-0.3, -0.25) is 4.79 Å². The average molecular weight is 289 g/mol. The van der Waals surface area contributed by atoms with Crippen LogP contribution in [0.1, 0.15) is 10.4 Å². The van der Waals surface area contributed by atoms with E-state index in [0.29, 0.717) is 6.54 Å². The van der Waals surface area contributed by atoms with Gasteiger partial charge in [-0.05, 0) is 48.8 Å². The van der Waals surface area contributed by atoms with Crippen molar-refractivity contribution in [1.29, 1.82) is 0 Å². The lowest BCUT2D eigenvalue weighted by molar-refractivity contribution is 0.0958. The first kappa shape index (κ1) is 10.7. The number of hydrogen-bond acceptors (Lipinski definition) is 2. The summed E-state index contributed by atoms with van der Waals surface area (Å²) in [5.74, 6) is 0.170. The predicted molar refractivity (Wildman–Crippen MR) is 62.0 cm³/mol. The van der Waals surface area contributed by atoms with Crippen molar-refractivity contribution in [3.63, 3.8) is 0 Å². The molecule has 0 unspecified atom stereocenters. The summed E-state index contributed by atoms with van der Waals surface area (Å²) >= 11 is 2.21. The fourth-order valence-electron chi connectivity index (χ4n) is 1.04. The van der Waals surface area contributed by atoms with E-state index in [-0.39, 0.29) is 5.78 Å². The van der Waals surface area contributed by atoms with Gasteiger partial charge in [0.05, 0.1) is 6.54 Å². The zero-order chi connectivity index (χ0) is 9.84. The summed E-state index contributed by atoms with van der Waals surface area (Å²) < 4.78 is 1.10. The molecule has 0 aliphatic carbocycles. The van der Waals surface area contributed by atoms with Gasteiger partial charge in [0.25, 0.3) is 0 Å². The first-order valence-corrected chi connectivity index (χ1v) is 5.11. The van der Waals surface area contributed by atoms with E-state index in [0.717, 1.165) is 9.13 Å². The number of carbonyl (C=O) groups excluding carboxylic acids is 1. The number of hydrogen-bond donors (Lipinski definition) is 0. The minimum Gasteiger partial charge on any atom is -0.302 e. The van der Waals surface area contributed by atoms with Gasteiger partial charge in [-0.25, -0.2) is 0 Å². The van der Waals surface area contributed by atoms with E-state index in [2.05, 4.69) is 22.6 Å². The zero-order valence-electron chi connectivity index (χ0n) is 7.75. The second kappa shape index (κ2) is 4.72. The smallest absolute Gasteiger partial charge is 0.176 e. The van der Waals surface area contributed by atoms with E-state index in [4.69, 9.17) is 0 Å². The molecule has 0 heterocycles. The summed E-state index contributed by atoms with van der Waals surface area (Å²) in [6.45, 7) is 0.472. The standard InChI is InChI=1S/C10H12INO/c1-12(2)7-10(13)8-4-3-5-9(11)6-8/h3-6H,7H2,1-2H3. The Hall–Kier alpha value is -0.420.